The van der Waals surface area contributed by atoms with Crippen LogP contribution < -0.4 is 10.6 Å². The van der Waals surface area contributed by atoms with Gasteiger partial charge in [0.1, 0.15) is 6.54 Å². The van der Waals surface area contributed by atoms with Crippen molar-refractivity contribution in [2.24, 2.45) is 0 Å². The summed E-state index contributed by atoms with van der Waals surface area (Å²) in [4.78, 5) is 33.7. The number of aryl methyl sites for hydroxylation is 1. The Morgan fingerprint density at radius 2 is 1.59 bits per heavy atom. The quantitative estimate of drug-likeness (QED) is 0.704. The Labute approximate surface area is 157 Å². The smallest absolute Gasteiger partial charge is 0.329 e. The normalized spacial score (nSPS) is 14.7. The lowest BCUT2D eigenvalue weighted by atomic mass is 10.2. The van der Waals surface area contributed by atoms with E-state index in [1.807, 2.05) is 48.2 Å². The van der Waals surface area contributed by atoms with E-state index in [1.165, 1.54) is 0 Å². The summed E-state index contributed by atoms with van der Waals surface area (Å²) in [6, 6.07) is 11.6. The van der Waals surface area contributed by atoms with Crippen molar-refractivity contribution in [2.45, 2.75) is 20.0 Å². The first kappa shape index (κ1) is 17.3. The molecule has 0 atom stereocenters. The average Bonchev–Trinajstić information content (AvgIpc) is 2.99. The van der Waals surface area contributed by atoms with Crippen molar-refractivity contribution in [3.05, 3.63) is 59.3 Å². The lowest BCUT2D eigenvalue weighted by Crippen LogP contribution is -2.50. The second kappa shape index (κ2) is 7.26. The van der Waals surface area contributed by atoms with Crippen LogP contribution in [0.5, 0.6) is 0 Å². The van der Waals surface area contributed by atoms with Crippen LogP contribution in [0.1, 0.15) is 6.92 Å². The Balaban J connectivity index is 1.49. The fraction of sp³-hybridized carbons (Fsp3) is 0.350. The summed E-state index contributed by atoms with van der Waals surface area (Å²) in [7, 11) is 0. The Morgan fingerprint density at radius 3 is 2.22 bits per heavy atom. The van der Waals surface area contributed by atoms with E-state index >= 15 is 0 Å². The van der Waals surface area contributed by atoms with Crippen LogP contribution in [-0.2, 0) is 17.9 Å². The van der Waals surface area contributed by atoms with E-state index in [4.69, 9.17) is 0 Å². The lowest BCUT2D eigenvalue weighted by Gasteiger charge is -2.36. The monoisotopic (exact) mass is 365 g/mol. The van der Waals surface area contributed by atoms with E-state index in [0.29, 0.717) is 19.6 Å². The van der Waals surface area contributed by atoms with Gasteiger partial charge in [-0.1, -0.05) is 12.1 Å². The number of carbonyl (C=O) groups excluding carboxylic acids is 1. The Bertz CT molecular complexity index is 1000. The summed E-state index contributed by atoms with van der Waals surface area (Å²) in [6.07, 6.45) is 3.56. The number of nitrogens with zero attached hydrogens (tertiary/aromatic N) is 5. The highest BCUT2D eigenvalue weighted by atomic mass is 16.2. The first-order valence-electron chi connectivity index (χ1n) is 9.30. The van der Waals surface area contributed by atoms with Crippen molar-refractivity contribution in [1.82, 2.24) is 19.0 Å². The van der Waals surface area contributed by atoms with Crippen molar-refractivity contribution < 1.29 is 4.79 Å². The number of pyridine rings is 1. The zero-order valence-corrected chi connectivity index (χ0v) is 15.4. The first-order chi connectivity index (χ1) is 13.2. The highest BCUT2D eigenvalue weighted by Crippen LogP contribution is 2.16. The molecule has 0 aliphatic carbocycles. The molecule has 7 heteroatoms. The van der Waals surface area contributed by atoms with E-state index in [2.05, 4.69) is 9.88 Å². The van der Waals surface area contributed by atoms with Gasteiger partial charge in [-0.2, -0.15) is 0 Å². The summed E-state index contributed by atoms with van der Waals surface area (Å²) in [5.74, 6) is -0.00881. The Morgan fingerprint density at radius 1 is 0.963 bits per heavy atom. The molecule has 0 unspecified atom stereocenters. The zero-order valence-electron chi connectivity index (χ0n) is 15.4. The summed E-state index contributed by atoms with van der Waals surface area (Å²) in [6.45, 7) is 5.48. The largest absolute Gasteiger partial charge is 0.368 e. The van der Waals surface area contributed by atoms with E-state index < -0.39 is 0 Å². The van der Waals surface area contributed by atoms with Gasteiger partial charge in [0.15, 0.2) is 0 Å². The minimum Gasteiger partial charge on any atom is -0.368 e. The SMILES string of the molecule is CCn1c(=O)n(CC(=O)N2CCN(c3ccncc3)CC2)c2ccccc21. The second-order valence-electron chi connectivity index (χ2n) is 6.67. The van der Waals surface area contributed by atoms with Gasteiger partial charge in [-0.15, -0.1) is 0 Å². The number of hydrogen-bond donors (Lipinski definition) is 0. The molecular weight excluding hydrogens is 342 g/mol. The number of amides is 1. The fourth-order valence-electron chi connectivity index (χ4n) is 3.74. The molecule has 1 aromatic carbocycles. The minimum absolute atomic E-state index is 0.00881. The maximum atomic E-state index is 12.8. The highest BCUT2D eigenvalue weighted by molar-refractivity contribution is 5.81. The molecule has 1 amide bonds. The standard InChI is InChI=1S/C20H23N5O2/c1-2-24-17-5-3-4-6-18(17)25(20(24)27)15-19(26)23-13-11-22(12-14-23)16-7-9-21-10-8-16/h3-10H,2,11-15H2,1H3. The maximum absolute atomic E-state index is 12.8. The van der Waals surface area contributed by atoms with Gasteiger partial charge in [0.2, 0.25) is 5.91 Å². The van der Waals surface area contributed by atoms with E-state index in [9.17, 15) is 9.59 Å². The molecule has 0 N–H and O–H groups in total. The number of piperazine rings is 1. The number of para-hydroxylation sites is 2. The van der Waals surface area contributed by atoms with Gasteiger partial charge in [-0.3, -0.25) is 18.9 Å². The molecule has 4 rings (SSSR count). The van der Waals surface area contributed by atoms with Crippen LogP contribution >= 0.6 is 0 Å². The number of fused-ring (bicyclic) bond motifs is 1. The molecule has 2 aromatic heterocycles. The van der Waals surface area contributed by atoms with Gasteiger partial charge < -0.3 is 9.80 Å². The van der Waals surface area contributed by atoms with Crippen LogP contribution in [-0.4, -0.2) is 51.1 Å². The number of hydrogen-bond acceptors (Lipinski definition) is 4. The zero-order chi connectivity index (χ0) is 18.8. The number of carbonyl (C=O) groups is 1. The molecule has 3 aromatic rings. The topological polar surface area (TPSA) is 63.4 Å². The third-order valence-corrected chi connectivity index (χ3v) is 5.19. The van der Waals surface area contributed by atoms with E-state index in [1.54, 1.807) is 21.5 Å². The maximum Gasteiger partial charge on any atom is 0.329 e. The molecule has 0 spiro atoms. The average molecular weight is 365 g/mol. The number of anilines is 1. The van der Waals surface area contributed by atoms with Crippen molar-refractivity contribution in [2.75, 3.05) is 31.1 Å². The van der Waals surface area contributed by atoms with Crippen LogP contribution in [0.25, 0.3) is 11.0 Å². The van der Waals surface area contributed by atoms with Gasteiger partial charge in [-0.05, 0) is 31.2 Å². The van der Waals surface area contributed by atoms with Gasteiger partial charge in [0, 0.05) is 50.8 Å². The Hall–Kier alpha value is -3.09. The molecule has 7 nitrogen and oxygen atoms in total. The number of rotatable bonds is 4. The van der Waals surface area contributed by atoms with Crippen LogP contribution in [0.3, 0.4) is 0 Å². The van der Waals surface area contributed by atoms with Gasteiger partial charge in [0.25, 0.3) is 0 Å². The highest BCUT2D eigenvalue weighted by Gasteiger charge is 2.23. The predicted molar refractivity (Wildman–Crippen MR) is 105 cm³/mol. The van der Waals surface area contributed by atoms with E-state index in [-0.39, 0.29) is 18.1 Å². The van der Waals surface area contributed by atoms with Crippen molar-refractivity contribution in [3.63, 3.8) is 0 Å². The summed E-state index contributed by atoms with van der Waals surface area (Å²) in [5.41, 5.74) is 2.69. The van der Waals surface area contributed by atoms with Crippen LogP contribution in [0.4, 0.5) is 5.69 Å². The Kier molecular flexibility index (Phi) is 4.66. The molecule has 0 radical (unpaired) electrons. The molecule has 3 heterocycles. The van der Waals surface area contributed by atoms with Gasteiger partial charge in [0.05, 0.1) is 11.0 Å². The third-order valence-electron chi connectivity index (χ3n) is 5.19. The van der Waals surface area contributed by atoms with Gasteiger partial charge >= 0.3 is 5.69 Å². The van der Waals surface area contributed by atoms with Crippen molar-refractivity contribution in [1.29, 1.82) is 0 Å². The van der Waals surface area contributed by atoms with Crippen LogP contribution in [0, 0.1) is 0 Å². The van der Waals surface area contributed by atoms with Crippen molar-refractivity contribution in [3.8, 4) is 0 Å². The third kappa shape index (κ3) is 3.20. The number of aromatic nitrogens is 3. The second-order valence-corrected chi connectivity index (χ2v) is 6.67. The molecule has 1 fully saturated rings. The molecule has 1 saturated heterocycles. The van der Waals surface area contributed by atoms with Crippen molar-refractivity contribution >= 4 is 22.6 Å². The van der Waals surface area contributed by atoms with Crippen LogP contribution in [0.2, 0.25) is 0 Å². The van der Waals surface area contributed by atoms with Crippen LogP contribution in [0.15, 0.2) is 53.6 Å². The van der Waals surface area contributed by atoms with Gasteiger partial charge in [-0.25, -0.2) is 4.79 Å². The number of benzene rings is 1. The molecular formula is C20H23N5O2. The fourth-order valence-corrected chi connectivity index (χ4v) is 3.74. The molecule has 1 aliphatic rings. The molecule has 1 aliphatic heterocycles. The molecule has 27 heavy (non-hydrogen) atoms. The summed E-state index contributed by atoms with van der Waals surface area (Å²) < 4.78 is 3.31. The molecule has 0 bridgehead atoms. The first-order valence-corrected chi connectivity index (χ1v) is 9.30. The molecule has 140 valence electrons. The van der Waals surface area contributed by atoms with E-state index in [0.717, 1.165) is 29.8 Å². The summed E-state index contributed by atoms with van der Waals surface area (Å²) in [5, 5.41) is 0. The number of imidazole rings is 1. The summed E-state index contributed by atoms with van der Waals surface area (Å²) >= 11 is 0. The molecule has 0 saturated carbocycles. The lowest BCUT2D eigenvalue weighted by molar-refractivity contribution is -0.132. The predicted octanol–water partition coefficient (Wildman–Crippen LogP) is 1.57. The minimum atomic E-state index is -0.123.